The highest BCUT2D eigenvalue weighted by Gasteiger charge is 2.24. The lowest BCUT2D eigenvalue weighted by Crippen LogP contribution is -2.36. The van der Waals surface area contributed by atoms with Crippen LogP contribution in [0.15, 0.2) is 82.2 Å². The third-order valence-corrected chi connectivity index (χ3v) is 5.20. The van der Waals surface area contributed by atoms with Gasteiger partial charge in [0.1, 0.15) is 5.76 Å². The van der Waals surface area contributed by atoms with Crippen LogP contribution in [-0.4, -0.2) is 15.7 Å². The summed E-state index contributed by atoms with van der Waals surface area (Å²) in [6.07, 6.45) is 1.54. The highest BCUT2D eigenvalue weighted by atomic mass is 35.5. The minimum Gasteiger partial charge on any atom is -0.467 e. The molecular formula is C24H20ClN3O3. The van der Waals surface area contributed by atoms with Crippen LogP contribution in [0.3, 0.4) is 0 Å². The quantitative estimate of drug-likeness (QED) is 0.447. The van der Waals surface area contributed by atoms with Gasteiger partial charge in [0.2, 0.25) is 5.43 Å². The summed E-state index contributed by atoms with van der Waals surface area (Å²) < 4.78 is 6.95. The molecule has 31 heavy (non-hydrogen) atoms. The van der Waals surface area contributed by atoms with Gasteiger partial charge in [-0.05, 0) is 50.2 Å². The maximum atomic E-state index is 13.5. The molecule has 0 aliphatic heterocycles. The van der Waals surface area contributed by atoms with Crippen molar-refractivity contribution >= 4 is 23.2 Å². The summed E-state index contributed by atoms with van der Waals surface area (Å²) in [6.45, 7) is 3.87. The van der Waals surface area contributed by atoms with E-state index in [9.17, 15) is 9.59 Å². The number of hydrogen-bond acceptors (Lipinski definition) is 4. The number of anilines is 1. The van der Waals surface area contributed by atoms with Crippen LogP contribution >= 0.6 is 11.6 Å². The van der Waals surface area contributed by atoms with E-state index in [1.54, 1.807) is 43.5 Å². The Morgan fingerprint density at radius 1 is 1.06 bits per heavy atom. The molecule has 2 aromatic heterocycles. The Kier molecular flexibility index (Phi) is 5.73. The number of furan rings is 1. The van der Waals surface area contributed by atoms with Gasteiger partial charge in [0, 0.05) is 17.4 Å². The van der Waals surface area contributed by atoms with Gasteiger partial charge < -0.3 is 4.42 Å². The molecule has 0 atom stereocenters. The molecule has 0 saturated heterocycles. The summed E-state index contributed by atoms with van der Waals surface area (Å²) >= 11 is 6.32. The zero-order valence-corrected chi connectivity index (χ0v) is 17.8. The van der Waals surface area contributed by atoms with Gasteiger partial charge in [-0.1, -0.05) is 41.4 Å². The summed E-state index contributed by atoms with van der Waals surface area (Å²) in [7, 11) is 0. The van der Waals surface area contributed by atoms with Gasteiger partial charge in [-0.25, -0.2) is 4.68 Å². The fraction of sp³-hybridized carbons (Fsp3) is 0.125. The molecule has 0 aliphatic carbocycles. The van der Waals surface area contributed by atoms with Crippen molar-refractivity contribution < 1.29 is 9.21 Å². The highest BCUT2D eigenvalue weighted by Crippen LogP contribution is 2.22. The Hall–Kier alpha value is -3.64. The molecule has 0 radical (unpaired) electrons. The van der Waals surface area contributed by atoms with Crippen LogP contribution in [0.2, 0.25) is 5.02 Å². The number of carbonyl (C=O) groups excluding carboxylic acids is 1. The summed E-state index contributed by atoms with van der Waals surface area (Å²) in [6, 6.07) is 19.5. The van der Waals surface area contributed by atoms with Gasteiger partial charge in [-0.2, -0.15) is 5.10 Å². The molecule has 4 aromatic rings. The van der Waals surface area contributed by atoms with Crippen LogP contribution < -0.4 is 10.3 Å². The van der Waals surface area contributed by atoms with Gasteiger partial charge in [-0.15, -0.1) is 0 Å². The van der Waals surface area contributed by atoms with E-state index >= 15 is 0 Å². The first-order valence-electron chi connectivity index (χ1n) is 9.71. The van der Waals surface area contributed by atoms with Gasteiger partial charge >= 0.3 is 0 Å². The molecule has 0 spiro atoms. The van der Waals surface area contributed by atoms with E-state index in [4.69, 9.17) is 16.0 Å². The van der Waals surface area contributed by atoms with Gasteiger partial charge in [0.25, 0.3) is 5.91 Å². The lowest BCUT2D eigenvalue weighted by molar-refractivity contribution is 0.0975. The highest BCUT2D eigenvalue weighted by molar-refractivity contribution is 6.32. The number of hydrogen-bond donors (Lipinski definition) is 0. The molecule has 0 unspecified atom stereocenters. The molecule has 0 fully saturated rings. The molecule has 0 bridgehead atoms. The second kappa shape index (κ2) is 8.62. The molecule has 6 nitrogen and oxygen atoms in total. The monoisotopic (exact) mass is 433 g/mol. The fourth-order valence-electron chi connectivity index (χ4n) is 3.25. The number of aryl methyl sites for hydroxylation is 2. The predicted octanol–water partition coefficient (Wildman–Crippen LogP) is 4.94. The third kappa shape index (κ3) is 4.29. The summed E-state index contributed by atoms with van der Waals surface area (Å²) in [4.78, 5) is 27.8. The summed E-state index contributed by atoms with van der Waals surface area (Å²) in [5, 5.41) is 4.86. The number of benzene rings is 2. The first-order valence-corrected chi connectivity index (χ1v) is 10.1. The Balaban J connectivity index is 1.81. The molecule has 7 heteroatoms. The Bertz CT molecular complexity index is 1280. The standard InChI is InChI=1S/C24H20ClN3O3/c1-16-9-11-18(12-10-16)27(15-19-6-5-13-31-19)24(30)23-22(29)14-17(2)28(26-23)21-8-4-3-7-20(21)25/h3-14H,15H2,1-2H3. The van der Waals surface area contributed by atoms with Crippen molar-refractivity contribution in [3.8, 4) is 5.69 Å². The molecule has 2 heterocycles. The molecule has 0 aliphatic rings. The Morgan fingerprint density at radius 3 is 2.48 bits per heavy atom. The van der Waals surface area contributed by atoms with Gasteiger partial charge in [0.15, 0.2) is 5.69 Å². The fourth-order valence-corrected chi connectivity index (χ4v) is 3.47. The number of carbonyl (C=O) groups is 1. The van der Waals surface area contributed by atoms with E-state index in [1.165, 1.54) is 15.6 Å². The second-order valence-corrected chi connectivity index (χ2v) is 7.58. The maximum absolute atomic E-state index is 13.5. The normalized spacial score (nSPS) is 10.8. The van der Waals surface area contributed by atoms with E-state index in [2.05, 4.69) is 5.10 Å². The number of para-hydroxylation sites is 1. The second-order valence-electron chi connectivity index (χ2n) is 7.17. The van der Waals surface area contributed by atoms with Crippen molar-refractivity contribution in [3.05, 3.63) is 111 Å². The van der Waals surface area contributed by atoms with Crippen LogP contribution in [0, 0.1) is 13.8 Å². The van der Waals surface area contributed by atoms with E-state index in [0.29, 0.717) is 27.9 Å². The van der Waals surface area contributed by atoms with Crippen molar-refractivity contribution in [2.75, 3.05) is 4.90 Å². The molecular weight excluding hydrogens is 414 g/mol. The summed E-state index contributed by atoms with van der Waals surface area (Å²) in [5.74, 6) is 0.0681. The third-order valence-electron chi connectivity index (χ3n) is 4.88. The van der Waals surface area contributed by atoms with Crippen molar-refractivity contribution in [1.82, 2.24) is 9.78 Å². The first-order chi connectivity index (χ1) is 14.9. The van der Waals surface area contributed by atoms with Crippen LogP contribution in [0.4, 0.5) is 5.69 Å². The zero-order chi connectivity index (χ0) is 22.0. The Morgan fingerprint density at radius 2 is 1.81 bits per heavy atom. The number of nitrogens with zero attached hydrogens (tertiary/aromatic N) is 3. The van der Waals surface area contributed by atoms with Crippen LogP contribution in [0.5, 0.6) is 0 Å². The van der Waals surface area contributed by atoms with E-state index < -0.39 is 11.3 Å². The SMILES string of the molecule is Cc1ccc(N(Cc2ccco2)C(=O)c2nn(-c3ccccc3Cl)c(C)cc2=O)cc1. The van der Waals surface area contributed by atoms with E-state index in [-0.39, 0.29) is 12.2 Å². The van der Waals surface area contributed by atoms with Crippen LogP contribution in [-0.2, 0) is 6.54 Å². The number of amides is 1. The average molecular weight is 434 g/mol. The van der Waals surface area contributed by atoms with E-state index in [0.717, 1.165) is 5.56 Å². The molecule has 4 rings (SSSR count). The van der Waals surface area contributed by atoms with Crippen LogP contribution in [0.1, 0.15) is 27.5 Å². The number of rotatable bonds is 5. The lowest BCUT2D eigenvalue weighted by atomic mass is 10.2. The van der Waals surface area contributed by atoms with Gasteiger partial charge in [-0.3, -0.25) is 14.5 Å². The largest absolute Gasteiger partial charge is 0.467 e. The minimum absolute atomic E-state index is 0.163. The Labute approximate surface area is 184 Å². The van der Waals surface area contributed by atoms with Crippen molar-refractivity contribution in [2.24, 2.45) is 0 Å². The maximum Gasteiger partial charge on any atom is 0.283 e. The molecule has 156 valence electrons. The molecule has 0 saturated carbocycles. The average Bonchev–Trinajstić information content (AvgIpc) is 3.27. The predicted molar refractivity (Wildman–Crippen MR) is 120 cm³/mol. The van der Waals surface area contributed by atoms with Crippen molar-refractivity contribution in [1.29, 1.82) is 0 Å². The van der Waals surface area contributed by atoms with E-state index in [1.807, 2.05) is 37.3 Å². The molecule has 0 N–H and O–H groups in total. The minimum atomic E-state index is -0.522. The lowest BCUT2D eigenvalue weighted by Gasteiger charge is -2.22. The molecule has 1 amide bonds. The van der Waals surface area contributed by atoms with Crippen molar-refractivity contribution in [2.45, 2.75) is 20.4 Å². The van der Waals surface area contributed by atoms with Gasteiger partial charge in [0.05, 0.1) is 23.5 Å². The zero-order valence-electron chi connectivity index (χ0n) is 17.1. The first kappa shape index (κ1) is 20.6. The van der Waals surface area contributed by atoms with Crippen molar-refractivity contribution in [3.63, 3.8) is 0 Å². The number of halogens is 1. The summed E-state index contributed by atoms with van der Waals surface area (Å²) in [5.41, 5.74) is 2.20. The smallest absolute Gasteiger partial charge is 0.283 e. The topological polar surface area (TPSA) is 68.3 Å². The number of aromatic nitrogens is 2. The van der Waals surface area contributed by atoms with Crippen LogP contribution in [0.25, 0.3) is 5.69 Å². The molecule has 2 aromatic carbocycles.